The first-order valence-corrected chi connectivity index (χ1v) is 5.55. The van der Waals surface area contributed by atoms with Crippen LogP contribution in [0.25, 0.3) is 0 Å². The van der Waals surface area contributed by atoms with Crippen molar-refractivity contribution >= 4 is 0 Å². The van der Waals surface area contributed by atoms with Crippen LogP contribution in [0.15, 0.2) is 0 Å². The van der Waals surface area contributed by atoms with Gasteiger partial charge in [0.05, 0.1) is 39.6 Å². The van der Waals surface area contributed by atoms with E-state index in [1.165, 1.54) is 0 Å². The van der Waals surface area contributed by atoms with Crippen molar-refractivity contribution in [3.8, 4) is 0 Å². The van der Waals surface area contributed by atoms with E-state index in [9.17, 15) is 0 Å². The number of ether oxygens (including phenoxy) is 4. The zero-order chi connectivity index (χ0) is 11.4. The predicted molar refractivity (Wildman–Crippen MR) is 53.1 cm³/mol. The lowest BCUT2D eigenvalue weighted by molar-refractivity contribution is -0.0589. The van der Waals surface area contributed by atoms with E-state index in [4.69, 9.17) is 29.2 Å². The topological polar surface area (TPSA) is 77.4 Å². The van der Waals surface area contributed by atoms with Crippen molar-refractivity contribution < 1.29 is 29.2 Å². The minimum Gasteiger partial charge on any atom is -0.394 e. The van der Waals surface area contributed by atoms with E-state index >= 15 is 0 Å². The minimum atomic E-state index is -0.125. The van der Waals surface area contributed by atoms with Crippen LogP contribution in [0.1, 0.15) is 0 Å². The Morgan fingerprint density at radius 1 is 0.875 bits per heavy atom. The summed E-state index contributed by atoms with van der Waals surface area (Å²) in [6, 6.07) is 0. The van der Waals surface area contributed by atoms with Crippen molar-refractivity contribution in [2.24, 2.45) is 0 Å². The van der Waals surface area contributed by atoms with E-state index in [1.54, 1.807) is 0 Å². The Morgan fingerprint density at radius 3 is 1.69 bits per heavy atom. The number of aliphatic hydroxyl groups is 2. The van der Waals surface area contributed by atoms with Gasteiger partial charge in [0.1, 0.15) is 24.4 Å². The SMILES string of the molecule is OCCO[C@H]1CO[C@H]2[C@H]1OC[C@H]2OCCO. The third kappa shape index (κ3) is 2.53. The van der Waals surface area contributed by atoms with Gasteiger partial charge in [-0.3, -0.25) is 0 Å². The lowest BCUT2D eigenvalue weighted by Gasteiger charge is -2.16. The van der Waals surface area contributed by atoms with Gasteiger partial charge in [-0.1, -0.05) is 0 Å². The lowest BCUT2D eigenvalue weighted by Crippen LogP contribution is -2.34. The van der Waals surface area contributed by atoms with Gasteiger partial charge in [-0.15, -0.1) is 0 Å². The summed E-state index contributed by atoms with van der Waals surface area (Å²) >= 11 is 0. The highest BCUT2D eigenvalue weighted by molar-refractivity contribution is 4.95. The van der Waals surface area contributed by atoms with Gasteiger partial charge in [0.15, 0.2) is 0 Å². The standard InChI is InChI=1S/C10H18O6/c11-1-3-13-7-5-15-10-8(14-4-2-12)6-16-9(7)10/h7-12H,1-6H2/t7-,8+,9-,10+. The molecular formula is C10H18O6. The molecule has 0 aromatic rings. The van der Waals surface area contributed by atoms with Gasteiger partial charge in [0.2, 0.25) is 0 Å². The molecule has 0 aromatic carbocycles. The summed E-state index contributed by atoms with van der Waals surface area (Å²) in [5.41, 5.74) is 0. The number of hydrogen-bond acceptors (Lipinski definition) is 6. The van der Waals surface area contributed by atoms with Crippen LogP contribution in [0.2, 0.25) is 0 Å². The number of hydrogen-bond donors (Lipinski definition) is 2. The molecule has 2 fully saturated rings. The molecule has 2 saturated heterocycles. The Bertz CT molecular complexity index is 189. The number of rotatable bonds is 6. The van der Waals surface area contributed by atoms with Gasteiger partial charge < -0.3 is 29.2 Å². The van der Waals surface area contributed by atoms with E-state index in [0.717, 1.165) is 0 Å². The Balaban J connectivity index is 1.80. The first-order valence-electron chi connectivity index (χ1n) is 5.55. The van der Waals surface area contributed by atoms with Crippen molar-refractivity contribution in [3.05, 3.63) is 0 Å². The molecule has 2 aliphatic heterocycles. The molecule has 2 N–H and O–H groups in total. The second-order valence-electron chi connectivity index (χ2n) is 3.86. The maximum atomic E-state index is 8.68. The van der Waals surface area contributed by atoms with Crippen molar-refractivity contribution in [2.75, 3.05) is 39.6 Å². The fourth-order valence-corrected chi connectivity index (χ4v) is 2.12. The van der Waals surface area contributed by atoms with Crippen molar-refractivity contribution in [2.45, 2.75) is 24.4 Å². The summed E-state index contributed by atoms with van der Waals surface area (Å²) in [5.74, 6) is 0. The second kappa shape index (κ2) is 5.90. The van der Waals surface area contributed by atoms with E-state index in [-0.39, 0.29) is 37.6 Å². The molecule has 0 unspecified atom stereocenters. The van der Waals surface area contributed by atoms with E-state index in [0.29, 0.717) is 26.4 Å². The summed E-state index contributed by atoms with van der Waals surface area (Å²) < 4.78 is 21.9. The second-order valence-corrected chi connectivity index (χ2v) is 3.86. The maximum Gasteiger partial charge on any atom is 0.115 e. The molecule has 0 bridgehead atoms. The smallest absolute Gasteiger partial charge is 0.115 e. The molecule has 0 spiro atoms. The highest BCUT2D eigenvalue weighted by atomic mass is 16.6. The molecule has 4 atom stereocenters. The third-order valence-electron chi connectivity index (χ3n) is 2.81. The van der Waals surface area contributed by atoms with Crippen molar-refractivity contribution in [1.82, 2.24) is 0 Å². The fraction of sp³-hybridized carbons (Fsp3) is 1.00. The average molecular weight is 234 g/mol. The molecule has 0 aliphatic carbocycles. The Labute approximate surface area is 94.1 Å². The number of aliphatic hydroxyl groups excluding tert-OH is 2. The summed E-state index contributed by atoms with van der Waals surface area (Å²) in [4.78, 5) is 0. The Hall–Kier alpha value is -0.240. The van der Waals surface area contributed by atoms with Gasteiger partial charge in [0.25, 0.3) is 0 Å². The lowest BCUT2D eigenvalue weighted by atomic mass is 10.1. The zero-order valence-corrected chi connectivity index (χ0v) is 9.08. The fourth-order valence-electron chi connectivity index (χ4n) is 2.12. The van der Waals surface area contributed by atoms with Gasteiger partial charge in [-0.25, -0.2) is 0 Å². The summed E-state index contributed by atoms with van der Waals surface area (Å²) in [6.07, 6.45) is -0.481. The van der Waals surface area contributed by atoms with Crippen LogP contribution in [-0.4, -0.2) is 74.3 Å². The third-order valence-corrected chi connectivity index (χ3v) is 2.81. The van der Waals surface area contributed by atoms with Crippen LogP contribution < -0.4 is 0 Å². The first-order chi connectivity index (χ1) is 7.86. The van der Waals surface area contributed by atoms with Crippen LogP contribution >= 0.6 is 0 Å². The zero-order valence-electron chi connectivity index (χ0n) is 9.08. The van der Waals surface area contributed by atoms with Gasteiger partial charge in [-0.2, -0.15) is 0 Å². The minimum absolute atomic E-state index is 0.00166. The molecule has 2 aliphatic rings. The van der Waals surface area contributed by atoms with E-state index in [2.05, 4.69) is 0 Å². The normalized spacial score (nSPS) is 37.9. The van der Waals surface area contributed by atoms with Gasteiger partial charge in [-0.05, 0) is 0 Å². The van der Waals surface area contributed by atoms with Crippen LogP contribution in [-0.2, 0) is 18.9 Å². The molecule has 6 heteroatoms. The van der Waals surface area contributed by atoms with Crippen molar-refractivity contribution in [1.29, 1.82) is 0 Å². The van der Waals surface area contributed by atoms with E-state index in [1.807, 2.05) is 0 Å². The molecule has 2 rings (SSSR count). The molecule has 2 heterocycles. The summed E-state index contributed by atoms with van der Waals surface area (Å²) in [7, 11) is 0. The van der Waals surface area contributed by atoms with Crippen molar-refractivity contribution in [3.63, 3.8) is 0 Å². The summed E-state index contributed by atoms with van der Waals surface area (Å²) in [5, 5.41) is 17.4. The Morgan fingerprint density at radius 2 is 1.31 bits per heavy atom. The molecule has 0 amide bonds. The molecule has 0 saturated carbocycles. The largest absolute Gasteiger partial charge is 0.394 e. The highest BCUT2D eigenvalue weighted by Gasteiger charge is 2.48. The van der Waals surface area contributed by atoms with Gasteiger partial charge in [0, 0.05) is 0 Å². The number of fused-ring (bicyclic) bond motifs is 1. The molecule has 0 radical (unpaired) electrons. The van der Waals surface area contributed by atoms with E-state index < -0.39 is 0 Å². The van der Waals surface area contributed by atoms with Crippen LogP contribution in [0.5, 0.6) is 0 Å². The van der Waals surface area contributed by atoms with Crippen LogP contribution in [0.3, 0.4) is 0 Å². The Kier molecular flexibility index (Phi) is 4.51. The highest BCUT2D eigenvalue weighted by Crippen LogP contribution is 2.30. The quantitative estimate of drug-likeness (QED) is 0.585. The molecule has 0 aromatic heterocycles. The molecule has 16 heavy (non-hydrogen) atoms. The molecule has 94 valence electrons. The summed E-state index contributed by atoms with van der Waals surface area (Å²) in [6.45, 7) is 1.52. The molecule has 6 nitrogen and oxygen atoms in total. The van der Waals surface area contributed by atoms with Gasteiger partial charge >= 0.3 is 0 Å². The average Bonchev–Trinajstić information content (AvgIpc) is 2.86. The monoisotopic (exact) mass is 234 g/mol. The van der Waals surface area contributed by atoms with Crippen LogP contribution in [0.4, 0.5) is 0 Å². The predicted octanol–water partition coefficient (Wildman–Crippen LogP) is -1.46. The molecular weight excluding hydrogens is 216 g/mol. The first kappa shape index (κ1) is 12.2. The van der Waals surface area contributed by atoms with Crippen LogP contribution in [0, 0.1) is 0 Å². The maximum absolute atomic E-state index is 8.68.